The van der Waals surface area contributed by atoms with Gasteiger partial charge in [-0.05, 0) is 29.8 Å². The fourth-order valence-electron chi connectivity index (χ4n) is 2.46. The van der Waals surface area contributed by atoms with Crippen molar-refractivity contribution in [1.29, 1.82) is 0 Å². The Morgan fingerprint density at radius 1 is 0.871 bits per heavy atom. The zero-order valence-corrected chi connectivity index (χ0v) is 16.7. The number of ether oxygens (including phenoxy) is 1. The lowest BCUT2D eigenvalue weighted by Gasteiger charge is -2.09. The first-order valence-electron chi connectivity index (χ1n) is 9.65. The summed E-state index contributed by atoms with van der Waals surface area (Å²) in [5.74, 6) is 0.853. The molecule has 10 heteroatoms. The van der Waals surface area contributed by atoms with Gasteiger partial charge in [0.15, 0.2) is 5.82 Å². The zero-order chi connectivity index (χ0) is 21.7. The van der Waals surface area contributed by atoms with Crippen LogP contribution >= 0.6 is 0 Å². The van der Waals surface area contributed by atoms with Gasteiger partial charge in [-0.2, -0.15) is 0 Å². The van der Waals surface area contributed by atoms with E-state index in [1.807, 2.05) is 42.5 Å². The number of carbonyl (C=O) groups excluding carboxylic acids is 2. The van der Waals surface area contributed by atoms with Crippen molar-refractivity contribution in [3.63, 3.8) is 0 Å². The summed E-state index contributed by atoms with van der Waals surface area (Å²) >= 11 is 0. The van der Waals surface area contributed by atoms with Crippen LogP contribution in [-0.2, 0) is 16.1 Å². The molecule has 0 saturated heterocycles. The van der Waals surface area contributed by atoms with Crippen molar-refractivity contribution in [2.75, 3.05) is 30.3 Å². The summed E-state index contributed by atoms with van der Waals surface area (Å²) in [5, 5.41) is 19.4. The Morgan fingerprint density at radius 2 is 1.68 bits per heavy atom. The number of hydrogen-bond acceptors (Lipinski definition) is 8. The third-order valence-electron chi connectivity index (χ3n) is 3.96. The summed E-state index contributed by atoms with van der Waals surface area (Å²) in [4.78, 5) is 27.4. The minimum absolute atomic E-state index is 0.149. The topological polar surface area (TPSA) is 130 Å². The molecular formula is C21H23N7O3. The monoisotopic (exact) mass is 421 g/mol. The number of nitrogens with one attached hydrogen (secondary N) is 4. The van der Waals surface area contributed by atoms with Crippen LogP contribution in [0.15, 0.2) is 67.0 Å². The van der Waals surface area contributed by atoms with Crippen LogP contribution in [0.4, 0.5) is 22.1 Å². The maximum Gasteiger partial charge on any atom is 0.407 e. The van der Waals surface area contributed by atoms with Crippen molar-refractivity contribution in [2.24, 2.45) is 0 Å². The predicted octanol–water partition coefficient (Wildman–Crippen LogP) is 2.07. The molecule has 31 heavy (non-hydrogen) atoms. The highest BCUT2D eigenvalue weighted by atomic mass is 16.5. The first kappa shape index (κ1) is 21.5. The van der Waals surface area contributed by atoms with E-state index in [9.17, 15) is 9.59 Å². The van der Waals surface area contributed by atoms with E-state index in [0.29, 0.717) is 24.7 Å². The number of nitrogens with zero attached hydrogens (tertiary/aromatic N) is 3. The van der Waals surface area contributed by atoms with Crippen LogP contribution in [0.1, 0.15) is 5.56 Å². The molecule has 2 amide bonds. The molecule has 160 valence electrons. The van der Waals surface area contributed by atoms with Crippen molar-refractivity contribution in [3.05, 3.63) is 72.6 Å². The van der Waals surface area contributed by atoms with Crippen LogP contribution in [-0.4, -0.2) is 46.8 Å². The largest absolute Gasteiger partial charge is 0.445 e. The summed E-state index contributed by atoms with van der Waals surface area (Å²) in [6.45, 7) is 0.795. The average molecular weight is 421 g/mol. The van der Waals surface area contributed by atoms with Gasteiger partial charge in [0.25, 0.3) is 0 Å². The molecule has 0 unspecified atom stereocenters. The summed E-state index contributed by atoms with van der Waals surface area (Å²) in [6, 6.07) is 16.6. The molecule has 0 aliphatic rings. The predicted molar refractivity (Wildman–Crippen MR) is 116 cm³/mol. The van der Waals surface area contributed by atoms with Gasteiger partial charge in [-0.25, -0.2) is 4.79 Å². The summed E-state index contributed by atoms with van der Waals surface area (Å²) in [7, 11) is 0. The number of alkyl carbamates (subject to hydrolysis) is 1. The summed E-state index contributed by atoms with van der Waals surface area (Å²) in [5.41, 5.74) is 1.69. The van der Waals surface area contributed by atoms with Gasteiger partial charge in [0.2, 0.25) is 5.91 Å². The Bertz CT molecular complexity index is 954. The van der Waals surface area contributed by atoms with Gasteiger partial charge in [-0.15, -0.1) is 10.2 Å². The highest BCUT2D eigenvalue weighted by molar-refractivity contribution is 5.82. The number of hydrogen-bond donors (Lipinski definition) is 4. The third kappa shape index (κ3) is 7.97. The Balaban J connectivity index is 1.27. The van der Waals surface area contributed by atoms with E-state index in [4.69, 9.17) is 4.74 Å². The molecule has 0 saturated carbocycles. The lowest BCUT2D eigenvalue weighted by Crippen LogP contribution is -2.38. The molecule has 0 fully saturated rings. The van der Waals surface area contributed by atoms with Gasteiger partial charge < -0.3 is 26.0 Å². The quantitative estimate of drug-likeness (QED) is 0.366. The number of pyridine rings is 1. The molecule has 2 heterocycles. The molecule has 3 rings (SSSR count). The van der Waals surface area contributed by atoms with Crippen LogP contribution in [0, 0.1) is 0 Å². The van der Waals surface area contributed by atoms with E-state index in [-0.39, 0.29) is 19.1 Å². The van der Waals surface area contributed by atoms with E-state index in [0.717, 1.165) is 11.3 Å². The SMILES string of the molecule is O=C(CNC(=O)OCc1ccccc1)NCCNc1ccc(Nc2cccnc2)nn1. The molecule has 1 aromatic carbocycles. The van der Waals surface area contributed by atoms with E-state index >= 15 is 0 Å². The average Bonchev–Trinajstić information content (AvgIpc) is 2.81. The van der Waals surface area contributed by atoms with Crippen LogP contribution in [0.2, 0.25) is 0 Å². The van der Waals surface area contributed by atoms with Gasteiger partial charge in [0.1, 0.15) is 12.4 Å². The normalized spacial score (nSPS) is 10.1. The van der Waals surface area contributed by atoms with Crippen molar-refractivity contribution in [1.82, 2.24) is 25.8 Å². The van der Waals surface area contributed by atoms with E-state index in [1.54, 1.807) is 24.5 Å². The molecule has 4 N–H and O–H groups in total. The number of carbonyl (C=O) groups is 2. The van der Waals surface area contributed by atoms with Crippen LogP contribution < -0.4 is 21.3 Å². The van der Waals surface area contributed by atoms with E-state index < -0.39 is 6.09 Å². The molecule has 3 aromatic rings. The van der Waals surface area contributed by atoms with Crippen molar-refractivity contribution in [2.45, 2.75) is 6.61 Å². The maximum absolute atomic E-state index is 11.8. The summed E-state index contributed by atoms with van der Waals surface area (Å²) in [6.07, 6.45) is 2.73. The summed E-state index contributed by atoms with van der Waals surface area (Å²) < 4.78 is 5.04. The highest BCUT2D eigenvalue weighted by Gasteiger charge is 2.06. The van der Waals surface area contributed by atoms with Crippen LogP contribution in [0.25, 0.3) is 0 Å². The highest BCUT2D eigenvalue weighted by Crippen LogP contribution is 2.12. The minimum atomic E-state index is -0.646. The van der Waals surface area contributed by atoms with Crippen molar-refractivity contribution >= 4 is 29.3 Å². The second-order valence-electron chi connectivity index (χ2n) is 6.36. The lowest BCUT2D eigenvalue weighted by molar-refractivity contribution is -0.120. The second-order valence-corrected chi connectivity index (χ2v) is 6.36. The Kier molecular flexibility index (Phi) is 8.12. The first-order valence-corrected chi connectivity index (χ1v) is 9.65. The van der Waals surface area contributed by atoms with Crippen LogP contribution in [0.5, 0.6) is 0 Å². The first-order chi connectivity index (χ1) is 15.2. The number of aromatic nitrogens is 3. The Hall–Kier alpha value is -4.21. The second kappa shape index (κ2) is 11.7. The van der Waals surface area contributed by atoms with Crippen LogP contribution in [0.3, 0.4) is 0 Å². The molecule has 0 bridgehead atoms. The standard InChI is InChI=1S/C21H23N7O3/c29-20(14-25-21(30)31-15-16-5-2-1-3-6-16)24-12-11-23-18-8-9-19(28-27-18)26-17-7-4-10-22-13-17/h1-10,13H,11-12,14-15H2,(H,23,27)(H,24,29)(H,25,30)(H,26,28). The van der Waals surface area contributed by atoms with Crippen molar-refractivity contribution < 1.29 is 14.3 Å². The number of amides is 2. The molecule has 0 aliphatic heterocycles. The van der Waals surface area contributed by atoms with Gasteiger partial charge in [0.05, 0.1) is 18.4 Å². The smallest absolute Gasteiger partial charge is 0.407 e. The number of anilines is 3. The molecule has 0 radical (unpaired) electrons. The van der Waals surface area contributed by atoms with Gasteiger partial charge >= 0.3 is 6.09 Å². The molecule has 0 aliphatic carbocycles. The molecule has 10 nitrogen and oxygen atoms in total. The van der Waals surface area contributed by atoms with Crippen molar-refractivity contribution in [3.8, 4) is 0 Å². The zero-order valence-electron chi connectivity index (χ0n) is 16.7. The number of benzene rings is 1. The van der Waals surface area contributed by atoms with E-state index in [2.05, 4.69) is 36.4 Å². The maximum atomic E-state index is 11.8. The fraction of sp³-hybridized carbons (Fsp3) is 0.190. The minimum Gasteiger partial charge on any atom is -0.445 e. The Labute approximate surface area is 179 Å². The molecule has 0 spiro atoms. The van der Waals surface area contributed by atoms with Gasteiger partial charge in [0, 0.05) is 19.3 Å². The van der Waals surface area contributed by atoms with E-state index in [1.165, 1.54) is 0 Å². The molecule has 0 atom stereocenters. The third-order valence-corrected chi connectivity index (χ3v) is 3.96. The molecular weight excluding hydrogens is 398 g/mol. The van der Waals surface area contributed by atoms with Gasteiger partial charge in [-0.1, -0.05) is 30.3 Å². The Morgan fingerprint density at radius 3 is 2.42 bits per heavy atom. The number of rotatable bonds is 10. The van der Waals surface area contributed by atoms with Gasteiger partial charge in [-0.3, -0.25) is 9.78 Å². The molecule has 2 aromatic heterocycles. The fourth-order valence-corrected chi connectivity index (χ4v) is 2.46. The lowest BCUT2D eigenvalue weighted by atomic mass is 10.2.